The van der Waals surface area contributed by atoms with Crippen molar-refractivity contribution in [3.63, 3.8) is 0 Å². The van der Waals surface area contributed by atoms with Gasteiger partial charge in [0.1, 0.15) is 15.5 Å². The number of amides is 1. The number of hydrogen-bond acceptors (Lipinski definition) is 7. The van der Waals surface area contributed by atoms with Crippen LogP contribution in [0.3, 0.4) is 0 Å². The number of rotatable bonds is 7. The number of benzene rings is 3. The number of pyridine rings is 1. The zero-order valence-electron chi connectivity index (χ0n) is 22.0. The second kappa shape index (κ2) is 10.9. The minimum absolute atomic E-state index is 0.302. The van der Waals surface area contributed by atoms with E-state index in [1.165, 1.54) is 28.2 Å². The molecule has 0 bridgehead atoms. The number of nitrogens with one attached hydrogen (secondary N) is 1. The SMILES string of the molecule is CCOc1ccc(-c2csc(NC(=O)c3sc4nc(-c5ccccc5)cc(-c5ccc(C)cc5)c4c3N)n2)cc1. The Morgan fingerprint density at radius 2 is 1.60 bits per heavy atom. The molecule has 3 N–H and O–H groups in total. The summed E-state index contributed by atoms with van der Waals surface area (Å²) in [6, 6.07) is 28.1. The quantitative estimate of drug-likeness (QED) is 0.204. The first-order chi connectivity index (χ1) is 19.5. The highest BCUT2D eigenvalue weighted by Crippen LogP contribution is 2.41. The number of aromatic nitrogens is 2. The third-order valence-electron chi connectivity index (χ3n) is 6.52. The van der Waals surface area contributed by atoms with Crippen LogP contribution in [0.15, 0.2) is 90.3 Å². The van der Waals surface area contributed by atoms with Crippen molar-refractivity contribution in [2.75, 3.05) is 17.7 Å². The highest BCUT2D eigenvalue weighted by Gasteiger charge is 2.22. The van der Waals surface area contributed by atoms with Crippen molar-refractivity contribution in [3.8, 4) is 39.4 Å². The normalized spacial score (nSPS) is 11.1. The molecule has 40 heavy (non-hydrogen) atoms. The molecule has 3 aromatic carbocycles. The van der Waals surface area contributed by atoms with Crippen LogP contribution in [0.4, 0.5) is 10.8 Å². The molecule has 6 rings (SSSR count). The van der Waals surface area contributed by atoms with Crippen molar-refractivity contribution in [1.82, 2.24) is 9.97 Å². The summed E-state index contributed by atoms with van der Waals surface area (Å²) in [6.07, 6.45) is 0. The maximum atomic E-state index is 13.5. The number of carbonyl (C=O) groups is 1. The number of nitrogens with two attached hydrogens (primary N) is 1. The van der Waals surface area contributed by atoms with E-state index in [1.54, 1.807) is 0 Å². The van der Waals surface area contributed by atoms with E-state index in [4.69, 9.17) is 15.5 Å². The number of thiophene rings is 1. The molecule has 0 aliphatic rings. The van der Waals surface area contributed by atoms with Gasteiger partial charge in [0, 0.05) is 21.9 Å². The summed E-state index contributed by atoms with van der Waals surface area (Å²) in [5, 5.41) is 6.15. The van der Waals surface area contributed by atoms with Crippen molar-refractivity contribution in [3.05, 3.63) is 101 Å². The van der Waals surface area contributed by atoms with Crippen LogP contribution in [0.25, 0.3) is 43.9 Å². The van der Waals surface area contributed by atoms with E-state index in [9.17, 15) is 4.79 Å². The number of nitrogens with zero attached hydrogens (tertiary/aromatic N) is 2. The molecule has 0 fully saturated rings. The number of fused-ring (bicyclic) bond motifs is 1. The predicted molar refractivity (Wildman–Crippen MR) is 166 cm³/mol. The number of ether oxygens (including phenoxy) is 1. The van der Waals surface area contributed by atoms with Gasteiger partial charge in [0.05, 0.1) is 23.7 Å². The Labute approximate surface area is 240 Å². The fourth-order valence-corrected chi connectivity index (χ4v) is 6.24. The topological polar surface area (TPSA) is 90.1 Å². The highest BCUT2D eigenvalue weighted by molar-refractivity contribution is 7.21. The van der Waals surface area contributed by atoms with Gasteiger partial charge in [0.15, 0.2) is 5.13 Å². The molecule has 3 heterocycles. The molecule has 1 amide bonds. The van der Waals surface area contributed by atoms with Gasteiger partial charge in [-0.15, -0.1) is 22.7 Å². The van der Waals surface area contributed by atoms with E-state index >= 15 is 0 Å². The summed E-state index contributed by atoms with van der Waals surface area (Å²) in [5.41, 5.74) is 13.8. The molecule has 6 aromatic rings. The van der Waals surface area contributed by atoms with Crippen LogP contribution >= 0.6 is 22.7 Å². The Hall–Kier alpha value is -4.53. The van der Waals surface area contributed by atoms with E-state index in [0.717, 1.165) is 44.8 Å². The Bertz CT molecular complexity index is 1810. The molecule has 0 aliphatic heterocycles. The molecule has 0 saturated carbocycles. The number of anilines is 2. The summed E-state index contributed by atoms with van der Waals surface area (Å²) in [7, 11) is 0. The molecule has 198 valence electrons. The van der Waals surface area contributed by atoms with E-state index in [1.807, 2.05) is 66.9 Å². The number of thiazole rings is 1. The minimum Gasteiger partial charge on any atom is -0.494 e. The molecule has 3 aromatic heterocycles. The van der Waals surface area contributed by atoms with Crippen molar-refractivity contribution in [1.29, 1.82) is 0 Å². The Balaban J connectivity index is 1.35. The maximum Gasteiger partial charge on any atom is 0.269 e. The van der Waals surface area contributed by atoms with Gasteiger partial charge in [-0.3, -0.25) is 10.1 Å². The van der Waals surface area contributed by atoms with E-state index < -0.39 is 0 Å². The first-order valence-corrected chi connectivity index (χ1v) is 14.6. The number of carbonyl (C=O) groups excluding carboxylic acids is 1. The summed E-state index contributed by atoms with van der Waals surface area (Å²) in [5.74, 6) is 0.508. The molecule has 0 atom stereocenters. The van der Waals surface area contributed by atoms with E-state index in [2.05, 4.69) is 47.6 Å². The van der Waals surface area contributed by atoms with Gasteiger partial charge in [0.25, 0.3) is 5.91 Å². The number of nitrogen functional groups attached to an aromatic ring is 1. The van der Waals surface area contributed by atoms with Crippen molar-refractivity contribution in [2.24, 2.45) is 0 Å². The maximum absolute atomic E-state index is 13.5. The Morgan fingerprint density at radius 3 is 2.33 bits per heavy atom. The van der Waals surface area contributed by atoms with Crippen LogP contribution < -0.4 is 15.8 Å². The summed E-state index contributed by atoms with van der Waals surface area (Å²) in [4.78, 5) is 24.1. The lowest BCUT2D eigenvalue weighted by atomic mass is 9.99. The molecule has 6 nitrogen and oxygen atoms in total. The van der Waals surface area contributed by atoms with Gasteiger partial charge in [0.2, 0.25) is 0 Å². The van der Waals surface area contributed by atoms with Crippen LogP contribution in [0, 0.1) is 6.92 Å². The highest BCUT2D eigenvalue weighted by atomic mass is 32.1. The van der Waals surface area contributed by atoms with Gasteiger partial charge in [-0.1, -0.05) is 60.2 Å². The first-order valence-electron chi connectivity index (χ1n) is 12.9. The smallest absolute Gasteiger partial charge is 0.269 e. The average molecular weight is 563 g/mol. The van der Waals surface area contributed by atoms with Crippen LogP contribution in [0.5, 0.6) is 5.75 Å². The van der Waals surface area contributed by atoms with Crippen LogP contribution in [-0.4, -0.2) is 22.5 Å². The van der Waals surface area contributed by atoms with E-state index in [-0.39, 0.29) is 5.91 Å². The Kier molecular flexibility index (Phi) is 7.02. The van der Waals surface area contributed by atoms with Gasteiger partial charge >= 0.3 is 0 Å². The second-order valence-corrected chi connectivity index (χ2v) is 11.1. The average Bonchev–Trinajstić information content (AvgIpc) is 3.58. The second-order valence-electron chi connectivity index (χ2n) is 9.26. The van der Waals surface area contributed by atoms with E-state index in [0.29, 0.717) is 27.1 Å². The van der Waals surface area contributed by atoms with Crippen LogP contribution in [-0.2, 0) is 0 Å². The lowest BCUT2D eigenvalue weighted by molar-refractivity contribution is 0.103. The molecule has 0 radical (unpaired) electrons. The lowest BCUT2D eigenvalue weighted by Gasteiger charge is -2.09. The van der Waals surface area contributed by atoms with Crippen molar-refractivity contribution in [2.45, 2.75) is 13.8 Å². The molecule has 8 heteroatoms. The van der Waals surface area contributed by atoms with Crippen molar-refractivity contribution >= 4 is 49.6 Å². The van der Waals surface area contributed by atoms with Gasteiger partial charge in [-0.05, 0) is 55.3 Å². The fourth-order valence-electron chi connectivity index (χ4n) is 4.51. The van der Waals surface area contributed by atoms with Crippen LogP contribution in [0.1, 0.15) is 22.2 Å². The zero-order valence-corrected chi connectivity index (χ0v) is 23.6. The molecule has 0 spiro atoms. The third-order valence-corrected chi connectivity index (χ3v) is 8.38. The summed E-state index contributed by atoms with van der Waals surface area (Å²) < 4.78 is 5.52. The van der Waals surface area contributed by atoms with Gasteiger partial charge < -0.3 is 10.5 Å². The molecule has 0 unspecified atom stereocenters. The first kappa shape index (κ1) is 25.7. The summed E-state index contributed by atoms with van der Waals surface area (Å²) >= 11 is 2.67. The van der Waals surface area contributed by atoms with Crippen molar-refractivity contribution < 1.29 is 9.53 Å². The lowest BCUT2D eigenvalue weighted by Crippen LogP contribution is -2.11. The molecular formula is C32H26N4O2S2. The van der Waals surface area contributed by atoms with Crippen LogP contribution in [0.2, 0.25) is 0 Å². The summed E-state index contributed by atoms with van der Waals surface area (Å²) in [6.45, 7) is 4.62. The van der Waals surface area contributed by atoms with Gasteiger partial charge in [-0.2, -0.15) is 0 Å². The third kappa shape index (κ3) is 5.06. The zero-order chi connectivity index (χ0) is 27.6. The Morgan fingerprint density at radius 1 is 0.900 bits per heavy atom. The number of hydrogen-bond donors (Lipinski definition) is 2. The van der Waals surface area contributed by atoms with Gasteiger partial charge in [-0.25, -0.2) is 9.97 Å². The molecule has 0 saturated heterocycles. The molecular weight excluding hydrogens is 537 g/mol. The predicted octanol–water partition coefficient (Wildman–Crippen LogP) is 8.30. The fraction of sp³-hybridized carbons (Fsp3) is 0.0938. The minimum atomic E-state index is -0.302. The monoisotopic (exact) mass is 562 g/mol. The largest absolute Gasteiger partial charge is 0.494 e. The molecule has 0 aliphatic carbocycles. The number of aryl methyl sites for hydroxylation is 1. The standard InChI is InChI=1S/C32H26N4O2S2/c1-3-38-23-15-13-22(14-16-23)26-18-39-32(35-26)36-30(37)29-28(33)27-24(20-11-9-19(2)10-12-20)17-25(34-31(27)40-29)21-7-5-4-6-8-21/h4-18H,3,33H2,1-2H3,(H,35,36,37).